The van der Waals surface area contributed by atoms with E-state index in [0.717, 1.165) is 25.7 Å². The number of rotatable bonds is 3. The van der Waals surface area contributed by atoms with Gasteiger partial charge in [-0.05, 0) is 19.8 Å². The third kappa shape index (κ3) is 3.75. The van der Waals surface area contributed by atoms with Crippen LogP contribution in [0.15, 0.2) is 0 Å². The van der Waals surface area contributed by atoms with Crippen molar-refractivity contribution in [2.45, 2.75) is 45.1 Å². The maximum absolute atomic E-state index is 11.8. The SMILES string of the molecule is CCS(=O)(=O)NC(=O)C1CCCCCC1N. The topological polar surface area (TPSA) is 89.3 Å². The van der Waals surface area contributed by atoms with Gasteiger partial charge < -0.3 is 5.73 Å². The van der Waals surface area contributed by atoms with Crippen LogP contribution in [0.1, 0.15) is 39.0 Å². The maximum atomic E-state index is 11.8. The lowest BCUT2D eigenvalue weighted by atomic mass is 9.95. The zero-order valence-electron chi connectivity index (χ0n) is 9.61. The highest BCUT2D eigenvalue weighted by atomic mass is 32.2. The second-order valence-electron chi connectivity index (χ2n) is 4.28. The van der Waals surface area contributed by atoms with E-state index in [1.807, 2.05) is 0 Å². The lowest BCUT2D eigenvalue weighted by Crippen LogP contribution is -2.43. The molecule has 0 aromatic rings. The Morgan fingerprint density at radius 2 is 1.94 bits per heavy atom. The molecular weight excluding hydrogens is 228 g/mol. The van der Waals surface area contributed by atoms with Gasteiger partial charge in [-0.1, -0.05) is 19.3 Å². The van der Waals surface area contributed by atoms with Crippen LogP contribution in [0.4, 0.5) is 0 Å². The first kappa shape index (κ1) is 13.4. The zero-order chi connectivity index (χ0) is 12.2. The first-order chi connectivity index (χ1) is 7.46. The minimum atomic E-state index is -3.46. The molecule has 2 atom stereocenters. The van der Waals surface area contributed by atoms with E-state index in [0.29, 0.717) is 6.42 Å². The lowest BCUT2D eigenvalue weighted by molar-refractivity contribution is -0.123. The van der Waals surface area contributed by atoms with Crippen LogP contribution in [0.3, 0.4) is 0 Å². The van der Waals surface area contributed by atoms with Gasteiger partial charge >= 0.3 is 0 Å². The third-order valence-corrected chi connectivity index (χ3v) is 4.31. The first-order valence-electron chi connectivity index (χ1n) is 5.76. The summed E-state index contributed by atoms with van der Waals surface area (Å²) in [5, 5.41) is 0. The van der Waals surface area contributed by atoms with Gasteiger partial charge in [-0.25, -0.2) is 8.42 Å². The van der Waals surface area contributed by atoms with Gasteiger partial charge in [-0.15, -0.1) is 0 Å². The van der Waals surface area contributed by atoms with E-state index in [1.54, 1.807) is 0 Å². The molecule has 0 spiro atoms. The number of hydrogen-bond donors (Lipinski definition) is 2. The molecule has 1 aliphatic rings. The predicted octanol–water partition coefficient (Wildman–Crippen LogP) is 0.360. The van der Waals surface area contributed by atoms with Crippen molar-refractivity contribution in [3.8, 4) is 0 Å². The molecule has 0 bridgehead atoms. The predicted molar refractivity (Wildman–Crippen MR) is 62.2 cm³/mol. The van der Waals surface area contributed by atoms with Crippen LogP contribution in [-0.4, -0.2) is 26.1 Å². The van der Waals surface area contributed by atoms with Crippen molar-refractivity contribution in [2.24, 2.45) is 11.7 Å². The minimum Gasteiger partial charge on any atom is -0.327 e. The average Bonchev–Trinajstić information content (AvgIpc) is 2.42. The van der Waals surface area contributed by atoms with Crippen molar-refractivity contribution >= 4 is 15.9 Å². The summed E-state index contributed by atoms with van der Waals surface area (Å²) in [4.78, 5) is 11.8. The summed E-state index contributed by atoms with van der Waals surface area (Å²) < 4.78 is 24.6. The molecule has 1 rings (SSSR count). The molecule has 2 unspecified atom stereocenters. The monoisotopic (exact) mass is 248 g/mol. The Balaban J connectivity index is 2.64. The number of carbonyl (C=O) groups excluding carboxylic acids is 1. The van der Waals surface area contributed by atoms with E-state index < -0.39 is 15.9 Å². The van der Waals surface area contributed by atoms with Crippen LogP contribution >= 0.6 is 0 Å². The van der Waals surface area contributed by atoms with Gasteiger partial charge in [0, 0.05) is 6.04 Å². The maximum Gasteiger partial charge on any atom is 0.238 e. The minimum absolute atomic E-state index is 0.0826. The Kier molecular flexibility index (Phi) is 4.73. The van der Waals surface area contributed by atoms with Crippen molar-refractivity contribution in [3.63, 3.8) is 0 Å². The summed E-state index contributed by atoms with van der Waals surface area (Å²) in [5.41, 5.74) is 5.88. The summed E-state index contributed by atoms with van der Waals surface area (Å²) >= 11 is 0. The normalized spacial score (nSPS) is 27.1. The van der Waals surface area contributed by atoms with Gasteiger partial charge in [0.25, 0.3) is 0 Å². The summed E-state index contributed by atoms with van der Waals surface area (Å²) in [6, 6.07) is -0.213. The number of nitrogens with two attached hydrogens (primary N) is 1. The van der Waals surface area contributed by atoms with Crippen molar-refractivity contribution < 1.29 is 13.2 Å². The standard InChI is InChI=1S/C10H20N2O3S/c1-2-16(14,15)12-10(13)8-6-4-3-5-7-9(8)11/h8-9H,2-7,11H2,1H3,(H,12,13). The highest BCUT2D eigenvalue weighted by Gasteiger charge is 2.28. The molecule has 0 heterocycles. The molecule has 1 saturated carbocycles. The van der Waals surface area contributed by atoms with Crippen LogP contribution in [0.2, 0.25) is 0 Å². The second kappa shape index (κ2) is 5.63. The Bertz CT molecular complexity index is 340. The van der Waals surface area contributed by atoms with E-state index in [9.17, 15) is 13.2 Å². The molecule has 1 amide bonds. The highest BCUT2D eigenvalue weighted by Crippen LogP contribution is 2.22. The largest absolute Gasteiger partial charge is 0.327 e. The molecule has 1 fully saturated rings. The molecule has 16 heavy (non-hydrogen) atoms. The quantitative estimate of drug-likeness (QED) is 0.706. The fraction of sp³-hybridized carbons (Fsp3) is 0.900. The van der Waals surface area contributed by atoms with Crippen molar-refractivity contribution in [3.05, 3.63) is 0 Å². The Morgan fingerprint density at radius 3 is 2.56 bits per heavy atom. The summed E-state index contributed by atoms with van der Waals surface area (Å²) in [6.45, 7) is 1.50. The Labute approximate surface area is 96.8 Å². The van der Waals surface area contributed by atoms with Crippen LogP contribution in [0.25, 0.3) is 0 Å². The summed E-state index contributed by atoms with van der Waals surface area (Å²) in [5.74, 6) is -0.874. The molecule has 3 N–H and O–H groups in total. The van der Waals surface area contributed by atoms with Gasteiger partial charge in [0.15, 0.2) is 0 Å². The van der Waals surface area contributed by atoms with Gasteiger partial charge in [0.05, 0.1) is 11.7 Å². The molecular formula is C10H20N2O3S. The van der Waals surface area contributed by atoms with Crippen LogP contribution in [0, 0.1) is 5.92 Å². The number of carbonyl (C=O) groups is 1. The molecule has 0 aromatic heterocycles. The van der Waals surface area contributed by atoms with Gasteiger partial charge in [-0.3, -0.25) is 9.52 Å². The fourth-order valence-electron chi connectivity index (χ4n) is 1.96. The van der Waals surface area contributed by atoms with Crippen molar-refractivity contribution in [2.75, 3.05) is 5.75 Å². The second-order valence-corrected chi connectivity index (χ2v) is 6.29. The molecule has 0 radical (unpaired) electrons. The molecule has 0 saturated heterocycles. The highest BCUT2D eigenvalue weighted by molar-refractivity contribution is 7.90. The smallest absolute Gasteiger partial charge is 0.238 e. The number of sulfonamides is 1. The third-order valence-electron chi connectivity index (χ3n) is 3.04. The Morgan fingerprint density at radius 1 is 1.31 bits per heavy atom. The summed E-state index contributed by atoms with van der Waals surface area (Å²) in [6.07, 6.45) is 4.51. The van der Waals surface area contributed by atoms with Crippen LogP contribution in [-0.2, 0) is 14.8 Å². The number of amides is 1. The Hall–Kier alpha value is -0.620. The molecule has 6 heteroatoms. The van der Waals surface area contributed by atoms with E-state index in [-0.39, 0.29) is 17.7 Å². The molecule has 1 aliphatic carbocycles. The van der Waals surface area contributed by atoms with Crippen molar-refractivity contribution in [1.29, 1.82) is 0 Å². The molecule has 0 aromatic carbocycles. The fourth-order valence-corrected chi connectivity index (χ4v) is 2.57. The van der Waals surface area contributed by atoms with E-state index >= 15 is 0 Å². The van der Waals surface area contributed by atoms with Crippen LogP contribution < -0.4 is 10.5 Å². The average molecular weight is 248 g/mol. The number of hydrogen-bond acceptors (Lipinski definition) is 4. The van der Waals surface area contributed by atoms with Gasteiger partial charge in [0.1, 0.15) is 0 Å². The van der Waals surface area contributed by atoms with Gasteiger partial charge in [-0.2, -0.15) is 0 Å². The zero-order valence-corrected chi connectivity index (χ0v) is 10.4. The lowest BCUT2D eigenvalue weighted by Gasteiger charge is -2.20. The summed E-state index contributed by atoms with van der Waals surface area (Å²) in [7, 11) is -3.46. The van der Waals surface area contributed by atoms with Gasteiger partial charge in [0.2, 0.25) is 15.9 Å². The number of nitrogens with one attached hydrogen (secondary N) is 1. The molecule has 94 valence electrons. The molecule has 0 aliphatic heterocycles. The van der Waals surface area contributed by atoms with Crippen LogP contribution in [0.5, 0.6) is 0 Å². The van der Waals surface area contributed by atoms with E-state index in [1.165, 1.54) is 6.92 Å². The van der Waals surface area contributed by atoms with E-state index in [2.05, 4.69) is 4.72 Å². The van der Waals surface area contributed by atoms with E-state index in [4.69, 9.17) is 5.73 Å². The molecule has 5 nitrogen and oxygen atoms in total. The van der Waals surface area contributed by atoms with Crippen molar-refractivity contribution in [1.82, 2.24) is 4.72 Å². The first-order valence-corrected chi connectivity index (χ1v) is 7.41.